The lowest BCUT2D eigenvalue weighted by Gasteiger charge is -2.27. The minimum absolute atomic E-state index is 0.0411. The molecule has 0 bridgehead atoms. The van der Waals surface area contributed by atoms with Gasteiger partial charge < -0.3 is 15.8 Å². The maximum atomic E-state index is 12.3. The summed E-state index contributed by atoms with van der Waals surface area (Å²) in [6, 6.07) is 0.193. The van der Waals surface area contributed by atoms with Crippen LogP contribution in [0.1, 0.15) is 42.2 Å². The standard InChI is InChI=1S/C14H24N4O2/c1-10-8-12(4-7-20-10)17-14(19)13-9-16-18(11(13)2)6-3-5-15/h9-10,12H,3-8,15H2,1-2H3,(H,17,19). The number of nitrogens with zero attached hydrogens (tertiary/aromatic N) is 2. The van der Waals surface area contributed by atoms with E-state index in [1.54, 1.807) is 6.20 Å². The zero-order valence-corrected chi connectivity index (χ0v) is 12.3. The van der Waals surface area contributed by atoms with Gasteiger partial charge in [0, 0.05) is 24.9 Å². The van der Waals surface area contributed by atoms with Gasteiger partial charge >= 0.3 is 0 Å². The van der Waals surface area contributed by atoms with Crippen molar-refractivity contribution >= 4 is 5.91 Å². The molecule has 3 N–H and O–H groups in total. The number of hydrogen-bond donors (Lipinski definition) is 2. The number of carbonyl (C=O) groups excluding carboxylic acids is 1. The number of nitrogens with one attached hydrogen (secondary N) is 1. The molecule has 1 saturated heterocycles. The average molecular weight is 280 g/mol. The topological polar surface area (TPSA) is 82.2 Å². The first-order chi connectivity index (χ1) is 9.61. The van der Waals surface area contributed by atoms with Crippen LogP contribution in [0.3, 0.4) is 0 Å². The number of aryl methyl sites for hydroxylation is 1. The van der Waals surface area contributed by atoms with Crippen molar-refractivity contribution in [3.05, 3.63) is 17.5 Å². The van der Waals surface area contributed by atoms with E-state index in [1.807, 2.05) is 18.5 Å². The molecule has 1 aliphatic rings. The molecule has 112 valence electrons. The quantitative estimate of drug-likeness (QED) is 0.837. The summed E-state index contributed by atoms with van der Waals surface area (Å²) in [5.74, 6) is -0.0411. The van der Waals surface area contributed by atoms with Gasteiger partial charge in [0.05, 0.1) is 17.9 Å². The van der Waals surface area contributed by atoms with E-state index in [2.05, 4.69) is 10.4 Å². The molecule has 1 amide bonds. The van der Waals surface area contributed by atoms with E-state index in [1.165, 1.54) is 0 Å². The summed E-state index contributed by atoms with van der Waals surface area (Å²) in [5, 5.41) is 7.34. The minimum Gasteiger partial charge on any atom is -0.378 e. The fourth-order valence-corrected chi connectivity index (χ4v) is 2.53. The zero-order chi connectivity index (χ0) is 14.5. The monoisotopic (exact) mass is 280 g/mol. The highest BCUT2D eigenvalue weighted by molar-refractivity contribution is 5.95. The summed E-state index contributed by atoms with van der Waals surface area (Å²) in [5.41, 5.74) is 7.05. The number of rotatable bonds is 5. The smallest absolute Gasteiger partial charge is 0.254 e. The van der Waals surface area contributed by atoms with Gasteiger partial charge in [-0.15, -0.1) is 0 Å². The third-order valence-corrected chi connectivity index (χ3v) is 3.74. The summed E-state index contributed by atoms with van der Waals surface area (Å²) >= 11 is 0. The van der Waals surface area contributed by atoms with Crippen molar-refractivity contribution in [1.29, 1.82) is 0 Å². The first kappa shape index (κ1) is 15.0. The van der Waals surface area contributed by atoms with E-state index < -0.39 is 0 Å². The average Bonchev–Trinajstić information content (AvgIpc) is 2.78. The Morgan fingerprint density at radius 2 is 2.45 bits per heavy atom. The molecule has 0 saturated carbocycles. The molecule has 2 heterocycles. The highest BCUT2D eigenvalue weighted by Gasteiger charge is 2.23. The van der Waals surface area contributed by atoms with Crippen LogP contribution in [0.15, 0.2) is 6.20 Å². The lowest BCUT2D eigenvalue weighted by atomic mass is 10.0. The summed E-state index contributed by atoms with van der Waals surface area (Å²) < 4.78 is 7.33. The molecule has 1 aromatic rings. The first-order valence-corrected chi connectivity index (χ1v) is 7.26. The molecule has 20 heavy (non-hydrogen) atoms. The van der Waals surface area contributed by atoms with Crippen LogP contribution in [-0.2, 0) is 11.3 Å². The number of ether oxygens (including phenoxy) is 1. The van der Waals surface area contributed by atoms with Crippen LogP contribution in [0.25, 0.3) is 0 Å². The Labute approximate surface area is 119 Å². The molecule has 6 nitrogen and oxygen atoms in total. The zero-order valence-electron chi connectivity index (χ0n) is 12.3. The third kappa shape index (κ3) is 3.58. The Balaban J connectivity index is 1.96. The largest absolute Gasteiger partial charge is 0.378 e. The van der Waals surface area contributed by atoms with Crippen LogP contribution in [0, 0.1) is 6.92 Å². The van der Waals surface area contributed by atoms with Gasteiger partial charge in [0.15, 0.2) is 0 Å². The molecular formula is C14H24N4O2. The van der Waals surface area contributed by atoms with E-state index in [0.29, 0.717) is 18.7 Å². The molecule has 1 aromatic heterocycles. The van der Waals surface area contributed by atoms with Gasteiger partial charge in [-0.2, -0.15) is 5.10 Å². The Bertz CT molecular complexity index is 458. The van der Waals surface area contributed by atoms with E-state index in [-0.39, 0.29) is 18.1 Å². The molecular weight excluding hydrogens is 256 g/mol. The summed E-state index contributed by atoms with van der Waals surface area (Å²) in [4.78, 5) is 12.3. The molecule has 0 aromatic carbocycles. The molecule has 2 atom stereocenters. The van der Waals surface area contributed by atoms with E-state index in [9.17, 15) is 4.79 Å². The van der Waals surface area contributed by atoms with Gasteiger partial charge in [-0.05, 0) is 39.7 Å². The van der Waals surface area contributed by atoms with Crippen molar-refractivity contribution in [2.45, 2.75) is 51.8 Å². The van der Waals surface area contributed by atoms with Gasteiger partial charge in [0.25, 0.3) is 5.91 Å². The van der Waals surface area contributed by atoms with Gasteiger partial charge in [-0.3, -0.25) is 9.48 Å². The normalized spacial score (nSPS) is 22.8. The predicted octanol–water partition coefficient (Wildman–Crippen LogP) is 0.838. The van der Waals surface area contributed by atoms with E-state index in [4.69, 9.17) is 10.5 Å². The van der Waals surface area contributed by atoms with Gasteiger partial charge in [0.1, 0.15) is 0 Å². The fourth-order valence-electron chi connectivity index (χ4n) is 2.53. The van der Waals surface area contributed by atoms with Gasteiger partial charge in [-0.1, -0.05) is 0 Å². The highest BCUT2D eigenvalue weighted by atomic mass is 16.5. The van der Waals surface area contributed by atoms with Crippen LogP contribution >= 0.6 is 0 Å². The van der Waals surface area contributed by atoms with Crippen molar-refractivity contribution in [2.75, 3.05) is 13.2 Å². The molecule has 0 radical (unpaired) electrons. The van der Waals surface area contributed by atoms with Crippen molar-refractivity contribution in [3.63, 3.8) is 0 Å². The predicted molar refractivity (Wildman–Crippen MR) is 76.5 cm³/mol. The van der Waals surface area contributed by atoms with Gasteiger partial charge in [0.2, 0.25) is 0 Å². The van der Waals surface area contributed by atoms with Crippen molar-refractivity contribution in [1.82, 2.24) is 15.1 Å². The van der Waals surface area contributed by atoms with Crippen molar-refractivity contribution < 1.29 is 9.53 Å². The lowest BCUT2D eigenvalue weighted by molar-refractivity contribution is 0.0136. The Kier molecular flexibility index (Phi) is 5.14. The lowest BCUT2D eigenvalue weighted by Crippen LogP contribution is -2.41. The second kappa shape index (κ2) is 6.85. The second-order valence-corrected chi connectivity index (χ2v) is 5.39. The van der Waals surface area contributed by atoms with Crippen LogP contribution in [0.2, 0.25) is 0 Å². The molecule has 6 heteroatoms. The fraction of sp³-hybridized carbons (Fsp3) is 0.714. The number of hydrogen-bond acceptors (Lipinski definition) is 4. The molecule has 2 unspecified atom stereocenters. The summed E-state index contributed by atoms with van der Waals surface area (Å²) in [6.45, 7) is 6.05. The maximum Gasteiger partial charge on any atom is 0.254 e. The SMILES string of the molecule is Cc1c(C(=O)NC2CCOC(C)C2)cnn1CCCN. The van der Waals surface area contributed by atoms with Crippen LogP contribution < -0.4 is 11.1 Å². The summed E-state index contributed by atoms with van der Waals surface area (Å²) in [7, 11) is 0. The number of aromatic nitrogens is 2. The number of nitrogens with two attached hydrogens (primary N) is 1. The molecule has 0 spiro atoms. The van der Waals surface area contributed by atoms with Crippen molar-refractivity contribution in [3.8, 4) is 0 Å². The first-order valence-electron chi connectivity index (χ1n) is 7.26. The van der Waals surface area contributed by atoms with Crippen LogP contribution in [-0.4, -0.2) is 41.0 Å². The Morgan fingerprint density at radius 3 is 3.15 bits per heavy atom. The van der Waals surface area contributed by atoms with Crippen molar-refractivity contribution in [2.24, 2.45) is 5.73 Å². The van der Waals surface area contributed by atoms with E-state index in [0.717, 1.165) is 31.5 Å². The number of amides is 1. The van der Waals surface area contributed by atoms with Crippen LogP contribution in [0.4, 0.5) is 0 Å². The van der Waals surface area contributed by atoms with E-state index >= 15 is 0 Å². The maximum absolute atomic E-state index is 12.3. The second-order valence-electron chi connectivity index (χ2n) is 5.39. The Hall–Kier alpha value is -1.40. The Morgan fingerprint density at radius 1 is 1.65 bits per heavy atom. The van der Waals surface area contributed by atoms with Gasteiger partial charge in [-0.25, -0.2) is 0 Å². The molecule has 1 aliphatic heterocycles. The number of carbonyl (C=O) groups is 1. The molecule has 2 rings (SSSR count). The summed E-state index contributed by atoms with van der Waals surface area (Å²) in [6.07, 6.45) is 4.45. The molecule has 1 fully saturated rings. The van der Waals surface area contributed by atoms with Crippen LogP contribution in [0.5, 0.6) is 0 Å². The third-order valence-electron chi connectivity index (χ3n) is 3.74. The minimum atomic E-state index is -0.0411. The molecule has 0 aliphatic carbocycles. The highest BCUT2D eigenvalue weighted by Crippen LogP contribution is 2.15.